The van der Waals surface area contributed by atoms with Gasteiger partial charge in [-0.15, -0.1) is 0 Å². The summed E-state index contributed by atoms with van der Waals surface area (Å²) in [6.07, 6.45) is 1.91. The van der Waals surface area contributed by atoms with E-state index in [1.165, 1.54) is 42.5 Å². The standard InChI is InChI=1S/C39H36F5N3O6S/c1-5-53-30-17-24(38(49)50)12-13-29(30)47(19-22-14-27(23-10-11-23)16-28(15-22)39(2,3)4)31(48)21-46(20-26-9-7-6-8-25(26)18-45)54(51,52)37-35(43)33(41)32(40)34(42)36(37)44/h6-9,12-17,23H,5,10-11,19-21H2,1-4H3,(H,49,50). The van der Waals surface area contributed by atoms with Gasteiger partial charge in [-0.1, -0.05) is 57.2 Å². The maximum Gasteiger partial charge on any atom is 0.335 e. The third-order valence-electron chi connectivity index (χ3n) is 8.93. The highest BCUT2D eigenvalue weighted by Gasteiger charge is 2.39. The number of nitrogens with zero attached hydrogens (tertiary/aromatic N) is 3. The Balaban J connectivity index is 1.69. The Morgan fingerprint density at radius 1 is 0.907 bits per heavy atom. The van der Waals surface area contributed by atoms with Crippen LogP contribution < -0.4 is 9.64 Å². The van der Waals surface area contributed by atoms with Crippen molar-refractivity contribution in [3.8, 4) is 11.8 Å². The molecule has 9 nitrogen and oxygen atoms in total. The third-order valence-corrected chi connectivity index (χ3v) is 10.7. The zero-order chi connectivity index (χ0) is 39.7. The molecule has 0 aliphatic heterocycles. The topological polar surface area (TPSA) is 128 Å². The molecule has 1 aliphatic carbocycles. The number of aromatic carboxylic acids is 1. The van der Waals surface area contributed by atoms with Crippen molar-refractivity contribution in [2.24, 2.45) is 0 Å². The van der Waals surface area contributed by atoms with Crippen LogP contribution in [0.1, 0.15) is 84.6 Å². The first-order valence-corrected chi connectivity index (χ1v) is 18.3. The Morgan fingerprint density at radius 2 is 1.54 bits per heavy atom. The van der Waals surface area contributed by atoms with E-state index in [0.717, 1.165) is 28.9 Å². The first kappa shape index (κ1) is 39.9. The van der Waals surface area contributed by atoms with Crippen molar-refractivity contribution >= 4 is 27.6 Å². The van der Waals surface area contributed by atoms with Crippen LogP contribution >= 0.6 is 0 Å². The number of amides is 1. The fraction of sp³-hybridized carbons (Fsp3) is 0.308. The summed E-state index contributed by atoms with van der Waals surface area (Å²) < 4.78 is 107. The lowest BCUT2D eigenvalue weighted by Crippen LogP contribution is -2.43. The summed E-state index contributed by atoms with van der Waals surface area (Å²) in [6.45, 7) is 5.29. The van der Waals surface area contributed by atoms with Gasteiger partial charge in [-0.3, -0.25) is 4.79 Å². The minimum atomic E-state index is -5.73. The van der Waals surface area contributed by atoms with Crippen molar-refractivity contribution in [1.29, 1.82) is 5.26 Å². The van der Waals surface area contributed by atoms with E-state index in [9.17, 15) is 41.5 Å². The van der Waals surface area contributed by atoms with E-state index in [-0.39, 0.29) is 56.9 Å². The highest BCUT2D eigenvalue weighted by Crippen LogP contribution is 2.42. The summed E-state index contributed by atoms with van der Waals surface area (Å²) in [5, 5.41) is 19.4. The largest absolute Gasteiger partial charge is 0.492 e. The van der Waals surface area contributed by atoms with Gasteiger partial charge in [0, 0.05) is 6.54 Å². The molecule has 0 spiro atoms. The number of nitriles is 1. The van der Waals surface area contributed by atoms with Gasteiger partial charge in [0.1, 0.15) is 5.75 Å². The van der Waals surface area contributed by atoms with Crippen LogP contribution in [0.2, 0.25) is 0 Å². The van der Waals surface area contributed by atoms with E-state index in [4.69, 9.17) is 4.74 Å². The first-order valence-electron chi connectivity index (χ1n) is 16.8. The fourth-order valence-electron chi connectivity index (χ4n) is 5.89. The summed E-state index contributed by atoms with van der Waals surface area (Å²) in [5.41, 5.74) is 1.90. The normalized spacial score (nSPS) is 13.1. The van der Waals surface area contributed by atoms with Crippen molar-refractivity contribution in [2.45, 2.75) is 69.9 Å². The van der Waals surface area contributed by atoms with Gasteiger partial charge in [-0.25, -0.2) is 35.2 Å². The van der Waals surface area contributed by atoms with Gasteiger partial charge in [0.25, 0.3) is 0 Å². The van der Waals surface area contributed by atoms with Gasteiger partial charge in [-0.2, -0.15) is 9.57 Å². The van der Waals surface area contributed by atoms with Gasteiger partial charge < -0.3 is 14.7 Å². The van der Waals surface area contributed by atoms with Crippen LogP contribution in [-0.4, -0.2) is 42.9 Å². The summed E-state index contributed by atoms with van der Waals surface area (Å²) in [4.78, 5) is 25.4. The van der Waals surface area contributed by atoms with Crippen LogP contribution in [0.4, 0.5) is 27.6 Å². The molecule has 0 radical (unpaired) electrons. The highest BCUT2D eigenvalue weighted by atomic mass is 32.2. The van der Waals surface area contributed by atoms with Crippen LogP contribution in [0, 0.1) is 40.4 Å². The summed E-state index contributed by atoms with van der Waals surface area (Å²) in [7, 11) is -5.73. The lowest BCUT2D eigenvalue weighted by molar-refractivity contribution is -0.119. The Morgan fingerprint density at radius 3 is 2.11 bits per heavy atom. The molecule has 15 heteroatoms. The highest BCUT2D eigenvalue weighted by molar-refractivity contribution is 7.89. The predicted molar refractivity (Wildman–Crippen MR) is 188 cm³/mol. The Bertz CT molecular complexity index is 2250. The zero-order valence-electron chi connectivity index (χ0n) is 29.7. The number of rotatable bonds is 13. The van der Waals surface area contributed by atoms with Crippen LogP contribution in [0.5, 0.6) is 5.75 Å². The number of anilines is 1. The van der Waals surface area contributed by atoms with Gasteiger partial charge in [0.15, 0.2) is 28.2 Å². The molecule has 0 saturated heterocycles. The SMILES string of the molecule is CCOc1cc(C(=O)O)ccc1N(Cc1cc(C2CC2)cc(C(C)(C)C)c1)C(=O)CN(Cc1ccccc1C#N)S(=O)(=O)c1c(F)c(F)c(F)c(F)c1F. The molecule has 54 heavy (non-hydrogen) atoms. The molecule has 1 aliphatic rings. The van der Waals surface area contributed by atoms with Crippen LogP contribution in [-0.2, 0) is 33.3 Å². The molecule has 4 aromatic carbocycles. The second kappa shape index (κ2) is 15.6. The number of hydrogen-bond donors (Lipinski definition) is 1. The Kier molecular flexibility index (Phi) is 11.5. The van der Waals surface area contributed by atoms with E-state index < -0.39 is 69.0 Å². The molecule has 0 unspecified atom stereocenters. The predicted octanol–water partition coefficient (Wildman–Crippen LogP) is 7.95. The lowest BCUT2D eigenvalue weighted by atomic mass is 9.84. The van der Waals surface area contributed by atoms with Crippen molar-refractivity contribution in [2.75, 3.05) is 18.1 Å². The number of sulfonamides is 1. The molecular weight excluding hydrogens is 734 g/mol. The average Bonchev–Trinajstić information content (AvgIpc) is 3.98. The molecule has 1 saturated carbocycles. The minimum Gasteiger partial charge on any atom is -0.492 e. The molecule has 1 amide bonds. The first-order chi connectivity index (χ1) is 25.4. The number of hydrogen-bond acceptors (Lipinski definition) is 6. The second-order valence-electron chi connectivity index (χ2n) is 13.8. The van der Waals surface area contributed by atoms with E-state index in [2.05, 4.69) is 6.07 Å². The van der Waals surface area contributed by atoms with Gasteiger partial charge in [0.2, 0.25) is 21.7 Å². The molecule has 1 N–H and O–H groups in total. The van der Waals surface area contributed by atoms with Gasteiger partial charge in [0.05, 0.1) is 42.6 Å². The number of halogens is 5. The third kappa shape index (κ3) is 8.24. The molecular formula is C39H36F5N3O6S. The summed E-state index contributed by atoms with van der Waals surface area (Å²) in [6, 6.07) is 16.8. The van der Waals surface area contributed by atoms with Crippen molar-refractivity contribution in [3.05, 3.63) is 123 Å². The second-order valence-corrected chi connectivity index (χ2v) is 15.7. The number of carbonyl (C=O) groups is 2. The summed E-state index contributed by atoms with van der Waals surface area (Å²) in [5.74, 6) is -15.0. The number of carboxylic acid groups (broad SMARTS) is 1. The van der Waals surface area contributed by atoms with Crippen molar-refractivity contribution in [3.63, 3.8) is 0 Å². The quantitative estimate of drug-likeness (QED) is 0.0831. The van der Waals surface area contributed by atoms with Crippen LogP contribution in [0.15, 0.2) is 65.6 Å². The monoisotopic (exact) mass is 769 g/mol. The summed E-state index contributed by atoms with van der Waals surface area (Å²) >= 11 is 0. The van der Waals surface area contributed by atoms with Crippen molar-refractivity contribution in [1.82, 2.24) is 4.31 Å². The maximum absolute atomic E-state index is 15.1. The number of carboxylic acids is 1. The molecule has 0 bridgehead atoms. The van der Waals surface area contributed by atoms with Gasteiger partial charge in [-0.05, 0) is 77.6 Å². The molecule has 5 rings (SSSR count). The average molecular weight is 770 g/mol. The Labute approximate surface area is 309 Å². The van der Waals surface area contributed by atoms with Crippen LogP contribution in [0.3, 0.4) is 0 Å². The molecule has 0 aromatic heterocycles. The lowest BCUT2D eigenvalue weighted by Gasteiger charge is -2.30. The number of benzene rings is 4. The fourth-order valence-corrected chi connectivity index (χ4v) is 7.37. The molecule has 1 fully saturated rings. The smallest absolute Gasteiger partial charge is 0.335 e. The van der Waals surface area contributed by atoms with E-state index in [1.54, 1.807) is 6.92 Å². The van der Waals surface area contributed by atoms with E-state index in [0.29, 0.717) is 5.56 Å². The van der Waals surface area contributed by atoms with E-state index in [1.807, 2.05) is 39.0 Å². The zero-order valence-corrected chi connectivity index (χ0v) is 30.5. The Hall–Kier alpha value is -5.33. The van der Waals surface area contributed by atoms with Gasteiger partial charge >= 0.3 is 5.97 Å². The number of ether oxygens (including phenoxy) is 1. The van der Waals surface area contributed by atoms with Crippen molar-refractivity contribution < 1.29 is 49.8 Å². The van der Waals surface area contributed by atoms with E-state index >= 15 is 8.78 Å². The number of carbonyl (C=O) groups excluding carboxylic acids is 1. The maximum atomic E-state index is 15.1. The molecule has 284 valence electrons. The van der Waals surface area contributed by atoms with Crippen LogP contribution in [0.25, 0.3) is 0 Å². The molecule has 0 atom stereocenters. The minimum absolute atomic E-state index is 0.00647. The molecule has 4 aromatic rings. The molecule has 0 heterocycles.